The molecule has 0 saturated carbocycles. The maximum atomic E-state index is 12.3. The van der Waals surface area contributed by atoms with E-state index >= 15 is 0 Å². The lowest BCUT2D eigenvalue weighted by Gasteiger charge is -2.47. The Morgan fingerprint density at radius 3 is 2.25 bits per heavy atom. The third kappa shape index (κ3) is 4.12. The van der Waals surface area contributed by atoms with Crippen molar-refractivity contribution in [3.63, 3.8) is 0 Å². The number of piperidine rings is 1. The first-order valence-electron chi connectivity index (χ1n) is 7.18. The summed E-state index contributed by atoms with van der Waals surface area (Å²) >= 11 is 0. The molecule has 0 bridgehead atoms. The zero-order chi connectivity index (χ0) is 15.7. The molecule has 1 saturated heterocycles. The standard InChI is InChI=1S/C15H28N2O3/c1-11(18)16(7)12-8-9-17(15(5,6)10-12)13(19)20-14(2,3)4/h12H,8-10H2,1-7H3/t12-/m1/s1. The predicted octanol–water partition coefficient (Wildman–Crippen LogP) is 2.64. The van der Waals surface area contributed by atoms with Crippen LogP contribution in [0.5, 0.6) is 0 Å². The van der Waals surface area contributed by atoms with Gasteiger partial charge in [-0.1, -0.05) is 0 Å². The van der Waals surface area contributed by atoms with Crippen LogP contribution in [0, 0.1) is 0 Å². The first kappa shape index (κ1) is 16.8. The molecule has 1 heterocycles. The highest BCUT2D eigenvalue weighted by Crippen LogP contribution is 2.31. The van der Waals surface area contributed by atoms with Gasteiger partial charge in [-0.05, 0) is 47.5 Å². The summed E-state index contributed by atoms with van der Waals surface area (Å²) in [5, 5.41) is 0. The molecule has 0 aromatic carbocycles. The van der Waals surface area contributed by atoms with E-state index in [4.69, 9.17) is 4.74 Å². The van der Waals surface area contributed by atoms with Gasteiger partial charge in [0, 0.05) is 32.1 Å². The number of amides is 2. The predicted molar refractivity (Wildman–Crippen MR) is 78.5 cm³/mol. The largest absolute Gasteiger partial charge is 0.444 e. The molecule has 0 aromatic heterocycles. The Balaban J connectivity index is 2.76. The quantitative estimate of drug-likeness (QED) is 0.744. The lowest BCUT2D eigenvalue weighted by molar-refractivity contribution is -0.131. The number of nitrogens with zero attached hydrogens (tertiary/aromatic N) is 2. The summed E-state index contributed by atoms with van der Waals surface area (Å²) in [4.78, 5) is 27.3. The zero-order valence-corrected chi connectivity index (χ0v) is 13.8. The smallest absolute Gasteiger partial charge is 0.410 e. The lowest BCUT2D eigenvalue weighted by atomic mass is 9.86. The van der Waals surface area contributed by atoms with Crippen LogP contribution in [0.3, 0.4) is 0 Å². The van der Waals surface area contributed by atoms with Crippen LogP contribution in [0.4, 0.5) is 4.79 Å². The highest BCUT2D eigenvalue weighted by atomic mass is 16.6. The molecule has 0 radical (unpaired) electrons. The fourth-order valence-electron chi connectivity index (χ4n) is 2.61. The van der Waals surface area contributed by atoms with Gasteiger partial charge in [-0.2, -0.15) is 0 Å². The number of carbonyl (C=O) groups excluding carboxylic acids is 2. The summed E-state index contributed by atoms with van der Waals surface area (Å²) in [7, 11) is 1.83. The number of ether oxygens (including phenoxy) is 1. The number of hydrogen-bond donors (Lipinski definition) is 0. The van der Waals surface area contributed by atoms with E-state index in [-0.39, 0.29) is 23.6 Å². The third-order valence-corrected chi connectivity index (χ3v) is 3.81. The molecule has 0 spiro atoms. The van der Waals surface area contributed by atoms with E-state index in [9.17, 15) is 9.59 Å². The molecule has 5 heteroatoms. The topological polar surface area (TPSA) is 49.9 Å². The third-order valence-electron chi connectivity index (χ3n) is 3.81. The van der Waals surface area contributed by atoms with Crippen molar-refractivity contribution in [3.8, 4) is 0 Å². The Hall–Kier alpha value is -1.26. The van der Waals surface area contributed by atoms with Gasteiger partial charge in [-0.15, -0.1) is 0 Å². The average Bonchev–Trinajstić information content (AvgIpc) is 2.23. The second kappa shape index (κ2) is 5.62. The van der Waals surface area contributed by atoms with Crippen LogP contribution in [-0.4, -0.2) is 52.6 Å². The normalized spacial score (nSPS) is 22.4. The Kier molecular flexibility index (Phi) is 4.72. The highest BCUT2D eigenvalue weighted by Gasteiger charge is 2.41. The molecule has 0 N–H and O–H groups in total. The molecule has 2 amide bonds. The van der Waals surface area contributed by atoms with Gasteiger partial charge in [0.1, 0.15) is 5.60 Å². The van der Waals surface area contributed by atoms with Gasteiger partial charge >= 0.3 is 6.09 Å². The molecule has 1 fully saturated rings. The van der Waals surface area contributed by atoms with Crippen molar-refractivity contribution < 1.29 is 14.3 Å². The van der Waals surface area contributed by atoms with Crippen molar-refractivity contribution in [2.24, 2.45) is 0 Å². The molecule has 0 unspecified atom stereocenters. The molecule has 0 aliphatic carbocycles. The van der Waals surface area contributed by atoms with Gasteiger partial charge in [0.05, 0.1) is 0 Å². The van der Waals surface area contributed by atoms with Crippen molar-refractivity contribution in [2.75, 3.05) is 13.6 Å². The molecular formula is C15H28N2O3. The van der Waals surface area contributed by atoms with Gasteiger partial charge in [-0.25, -0.2) is 4.79 Å². The summed E-state index contributed by atoms with van der Waals surface area (Å²) in [6.45, 7) is 11.8. The molecule has 20 heavy (non-hydrogen) atoms. The van der Waals surface area contributed by atoms with Crippen LogP contribution in [0.2, 0.25) is 0 Å². The van der Waals surface area contributed by atoms with Crippen molar-refractivity contribution in [1.82, 2.24) is 9.80 Å². The Bertz CT molecular complexity index is 385. The van der Waals surface area contributed by atoms with Crippen LogP contribution >= 0.6 is 0 Å². The summed E-state index contributed by atoms with van der Waals surface area (Å²) in [5.41, 5.74) is -0.796. The van der Waals surface area contributed by atoms with E-state index < -0.39 is 5.60 Å². The minimum Gasteiger partial charge on any atom is -0.444 e. The summed E-state index contributed by atoms with van der Waals surface area (Å²) < 4.78 is 5.46. The SMILES string of the molecule is CC(=O)N(C)[C@@H]1CCN(C(=O)OC(C)(C)C)C(C)(C)C1. The Labute approximate surface area is 122 Å². The van der Waals surface area contributed by atoms with Crippen molar-refractivity contribution in [3.05, 3.63) is 0 Å². The summed E-state index contributed by atoms with van der Waals surface area (Å²) in [5.74, 6) is 0.0662. The fraction of sp³-hybridized carbons (Fsp3) is 0.867. The lowest BCUT2D eigenvalue weighted by Crippen LogP contribution is -2.58. The number of carbonyl (C=O) groups is 2. The zero-order valence-electron chi connectivity index (χ0n) is 13.8. The van der Waals surface area contributed by atoms with Gasteiger partial charge in [0.25, 0.3) is 0 Å². The average molecular weight is 284 g/mol. The van der Waals surface area contributed by atoms with Crippen molar-refractivity contribution >= 4 is 12.0 Å². The van der Waals surface area contributed by atoms with Gasteiger partial charge in [-0.3, -0.25) is 4.79 Å². The van der Waals surface area contributed by atoms with E-state index in [2.05, 4.69) is 0 Å². The molecule has 1 aliphatic rings. The van der Waals surface area contributed by atoms with Crippen molar-refractivity contribution in [2.45, 2.75) is 71.6 Å². The second-order valence-corrected chi connectivity index (χ2v) is 7.22. The first-order valence-corrected chi connectivity index (χ1v) is 7.18. The van der Waals surface area contributed by atoms with Crippen molar-refractivity contribution in [1.29, 1.82) is 0 Å². The molecule has 116 valence electrons. The highest BCUT2D eigenvalue weighted by molar-refractivity contribution is 5.73. The van der Waals surface area contributed by atoms with Crippen LogP contribution in [-0.2, 0) is 9.53 Å². The van der Waals surface area contributed by atoms with E-state index in [1.54, 1.807) is 16.7 Å². The molecular weight excluding hydrogens is 256 g/mol. The molecule has 0 aromatic rings. The fourth-order valence-corrected chi connectivity index (χ4v) is 2.61. The molecule has 1 atom stereocenters. The molecule has 5 nitrogen and oxygen atoms in total. The summed E-state index contributed by atoms with van der Waals surface area (Å²) in [6, 6.07) is 0.182. The monoisotopic (exact) mass is 284 g/mol. The first-order chi connectivity index (χ1) is 8.94. The minimum absolute atomic E-state index is 0.0662. The van der Waals surface area contributed by atoms with E-state index in [0.29, 0.717) is 6.54 Å². The Morgan fingerprint density at radius 1 is 1.30 bits per heavy atom. The van der Waals surface area contributed by atoms with E-state index in [1.165, 1.54) is 0 Å². The Morgan fingerprint density at radius 2 is 1.85 bits per heavy atom. The van der Waals surface area contributed by atoms with Crippen LogP contribution in [0.1, 0.15) is 54.4 Å². The number of rotatable bonds is 1. The number of hydrogen-bond acceptors (Lipinski definition) is 3. The maximum absolute atomic E-state index is 12.3. The van der Waals surface area contributed by atoms with Gasteiger partial charge in [0.15, 0.2) is 0 Å². The second-order valence-electron chi connectivity index (χ2n) is 7.22. The van der Waals surface area contributed by atoms with Crippen LogP contribution in [0.15, 0.2) is 0 Å². The van der Waals surface area contributed by atoms with Crippen LogP contribution in [0.25, 0.3) is 0 Å². The molecule has 1 rings (SSSR count). The maximum Gasteiger partial charge on any atom is 0.410 e. The summed E-state index contributed by atoms with van der Waals surface area (Å²) in [6.07, 6.45) is 1.28. The van der Waals surface area contributed by atoms with Gasteiger partial charge < -0.3 is 14.5 Å². The molecule has 1 aliphatic heterocycles. The van der Waals surface area contributed by atoms with Crippen LogP contribution < -0.4 is 0 Å². The number of likely N-dealkylation sites (tertiary alicyclic amines) is 1. The minimum atomic E-state index is -0.486. The van der Waals surface area contributed by atoms with E-state index in [0.717, 1.165) is 12.8 Å². The van der Waals surface area contributed by atoms with Gasteiger partial charge in [0.2, 0.25) is 5.91 Å². The van der Waals surface area contributed by atoms with E-state index in [1.807, 2.05) is 41.7 Å².